The molecule has 1 N–H and O–H groups in total. The third-order valence-corrected chi connectivity index (χ3v) is 5.24. The molecular formula is C22H25F2N2O3+. The van der Waals surface area contributed by atoms with Crippen molar-refractivity contribution in [3.05, 3.63) is 65.2 Å². The van der Waals surface area contributed by atoms with E-state index in [0.717, 1.165) is 18.7 Å². The molecule has 0 aromatic heterocycles. The molecule has 0 saturated carbocycles. The van der Waals surface area contributed by atoms with Crippen molar-refractivity contribution >= 4 is 11.7 Å². The number of methoxy groups -OCH3 is 1. The zero-order valence-corrected chi connectivity index (χ0v) is 16.4. The Labute approximate surface area is 168 Å². The van der Waals surface area contributed by atoms with Gasteiger partial charge in [0.25, 0.3) is 0 Å². The lowest BCUT2D eigenvalue weighted by Crippen LogP contribution is -3.13. The third-order valence-electron chi connectivity index (χ3n) is 5.24. The lowest BCUT2D eigenvalue weighted by molar-refractivity contribution is -0.917. The first kappa shape index (κ1) is 20.9. The number of benzene rings is 2. The Morgan fingerprint density at radius 2 is 1.66 bits per heavy atom. The van der Waals surface area contributed by atoms with Crippen molar-refractivity contribution in [2.45, 2.75) is 19.4 Å². The predicted molar refractivity (Wildman–Crippen MR) is 104 cm³/mol. The van der Waals surface area contributed by atoms with Crippen molar-refractivity contribution in [3.63, 3.8) is 0 Å². The van der Waals surface area contributed by atoms with Crippen LogP contribution in [0.4, 0.5) is 8.78 Å². The molecule has 0 aliphatic carbocycles. The number of hydrogen-bond donors (Lipinski definition) is 1. The van der Waals surface area contributed by atoms with Crippen LogP contribution in [-0.4, -0.2) is 49.9 Å². The summed E-state index contributed by atoms with van der Waals surface area (Å²) in [4.78, 5) is 27.6. The highest BCUT2D eigenvalue weighted by molar-refractivity contribution is 5.97. The first-order valence-electron chi connectivity index (χ1n) is 9.69. The van der Waals surface area contributed by atoms with E-state index < -0.39 is 5.82 Å². The number of quaternary nitrogens is 1. The molecule has 0 bridgehead atoms. The van der Waals surface area contributed by atoms with Crippen molar-refractivity contribution in [3.8, 4) is 5.75 Å². The van der Waals surface area contributed by atoms with Gasteiger partial charge in [0, 0.05) is 18.4 Å². The van der Waals surface area contributed by atoms with Crippen molar-refractivity contribution in [1.82, 2.24) is 4.90 Å². The summed E-state index contributed by atoms with van der Waals surface area (Å²) in [5, 5.41) is 0. The SMILES string of the molecule is COc1ccc(F)cc1C[NH+]1CCN(C(=O)CCC(=O)c2ccc(F)cc2)CC1. The van der Waals surface area contributed by atoms with Crippen molar-refractivity contribution in [2.75, 3.05) is 33.3 Å². The molecule has 0 radical (unpaired) electrons. The van der Waals surface area contributed by atoms with Gasteiger partial charge in [0.05, 0.1) is 38.9 Å². The molecule has 2 aromatic carbocycles. The van der Waals surface area contributed by atoms with Crippen LogP contribution in [-0.2, 0) is 11.3 Å². The van der Waals surface area contributed by atoms with Gasteiger partial charge in [0.15, 0.2) is 5.78 Å². The van der Waals surface area contributed by atoms with Crippen LogP contribution >= 0.6 is 0 Å². The second-order valence-electron chi connectivity index (χ2n) is 7.19. The van der Waals surface area contributed by atoms with Crippen LogP contribution in [0.2, 0.25) is 0 Å². The molecular weight excluding hydrogens is 378 g/mol. The number of nitrogens with zero attached hydrogens (tertiary/aromatic N) is 1. The van der Waals surface area contributed by atoms with Gasteiger partial charge in [-0.2, -0.15) is 0 Å². The van der Waals surface area contributed by atoms with Crippen LogP contribution in [0.3, 0.4) is 0 Å². The van der Waals surface area contributed by atoms with E-state index in [1.54, 1.807) is 18.1 Å². The Balaban J connectivity index is 1.46. The molecule has 1 heterocycles. The minimum atomic E-state index is -0.395. The van der Waals surface area contributed by atoms with E-state index in [9.17, 15) is 18.4 Å². The van der Waals surface area contributed by atoms with Crippen LogP contribution in [0.1, 0.15) is 28.8 Å². The summed E-state index contributed by atoms with van der Waals surface area (Å²) in [7, 11) is 1.57. The zero-order valence-electron chi connectivity index (χ0n) is 16.4. The summed E-state index contributed by atoms with van der Waals surface area (Å²) < 4.78 is 31.8. The summed E-state index contributed by atoms with van der Waals surface area (Å²) in [5.41, 5.74) is 1.23. The fourth-order valence-electron chi connectivity index (χ4n) is 3.56. The van der Waals surface area contributed by atoms with Gasteiger partial charge in [-0.25, -0.2) is 8.78 Å². The zero-order chi connectivity index (χ0) is 20.8. The van der Waals surface area contributed by atoms with Crippen LogP contribution < -0.4 is 9.64 Å². The molecule has 29 heavy (non-hydrogen) atoms. The van der Waals surface area contributed by atoms with Gasteiger partial charge >= 0.3 is 0 Å². The average molecular weight is 403 g/mol. The van der Waals surface area contributed by atoms with Crippen LogP contribution in [0.5, 0.6) is 5.75 Å². The highest BCUT2D eigenvalue weighted by Crippen LogP contribution is 2.18. The highest BCUT2D eigenvalue weighted by Gasteiger charge is 2.25. The van der Waals surface area contributed by atoms with E-state index in [1.807, 2.05) is 0 Å². The quantitative estimate of drug-likeness (QED) is 0.718. The molecule has 1 saturated heterocycles. The number of ketones is 1. The smallest absolute Gasteiger partial charge is 0.223 e. The highest BCUT2D eigenvalue weighted by atomic mass is 19.1. The molecule has 1 fully saturated rings. The minimum absolute atomic E-state index is 0.0529. The molecule has 0 spiro atoms. The molecule has 154 valence electrons. The number of hydrogen-bond acceptors (Lipinski definition) is 3. The third kappa shape index (κ3) is 5.60. The number of halogens is 2. The maximum absolute atomic E-state index is 13.5. The second kappa shape index (κ2) is 9.60. The van der Waals surface area contributed by atoms with E-state index in [2.05, 4.69) is 0 Å². The van der Waals surface area contributed by atoms with E-state index in [4.69, 9.17) is 4.74 Å². The monoisotopic (exact) mass is 403 g/mol. The van der Waals surface area contributed by atoms with Crippen LogP contribution in [0.25, 0.3) is 0 Å². The number of Topliss-reactive ketones (excluding diaryl/α,β-unsaturated/α-hetero) is 1. The Kier molecular flexibility index (Phi) is 6.93. The fourth-order valence-corrected chi connectivity index (χ4v) is 3.56. The molecule has 1 aliphatic heterocycles. The Morgan fingerprint density at radius 1 is 1.00 bits per heavy atom. The van der Waals surface area contributed by atoms with Gasteiger partial charge in [0.2, 0.25) is 5.91 Å². The summed E-state index contributed by atoms with van der Waals surface area (Å²) in [6.45, 7) is 3.31. The van der Waals surface area contributed by atoms with Gasteiger partial charge in [-0.3, -0.25) is 9.59 Å². The molecule has 0 atom stereocenters. The van der Waals surface area contributed by atoms with Gasteiger partial charge in [-0.15, -0.1) is 0 Å². The average Bonchev–Trinajstić information content (AvgIpc) is 2.73. The number of carbonyl (C=O) groups excluding carboxylic acids is 2. The van der Waals surface area contributed by atoms with Crippen molar-refractivity contribution in [1.29, 1.82) is 0 Å². The Morgan fingerprint density at radius 3 is 2.31 bits per heavy atom. The molecule has 0 unspecified atom stereocenters. The standard InChI is InChI=1S/C22H24F2N2O3/c1-29-21-8-6-19(24)14-17(21)15-25-10-12-26(13-11-25)22(28)9-7-20(27)16-2-4-18(23)5-3-16/h2-6,8,14H,7,9-13,15H2,1H3/p+1. The van der Waals surface area contributed by atoms with E-state index in [1.165, 1.54) is 41.3 Å². The van der Waals surface area contributed by atoms with E-state index in [0.29, 0.717) is 30.9 Å². The summed E-state index contributed by atoms with van der Waals surface area (Å²) in [6, 6.07) is 9.85. The molecule has 2 aromatic rings. The maximum atomic E-state index is 13.5. The molecule has 7 heteroatoms. The Hall–Kier alpha value is -2.80. The summed E-state index contributed by atoms with van der Waals surface area (Å²) >= 11 is 0. The first-order valence-corrected chi connectivity index (χ1v) is 9.69. The van der Waals surface area contributed by atoms with Gasteiger partial charge < -0.3 is 14.5 Å². The number of rotatable bonds is 7. The molecule has 1 amide bonds. The van der Waals surface area contributed by atoms with Gasteiger partial charge in [-0.1, -0.05) is 0 Å². The van der Waals surface area contributed by atoms with Crippen molar-refractivity contribution < 1.29 is 28.0 Å². The predicted octanol–water partition coefficient (Wildman–Crippen LogP) is 1.86. The normalized spacial score (nSPS) is 14.7. The number of ether oxygens (including phenoxy) is 1. The van der Waals surface area contributed by atoms with Gasteiger partial charge in [0.1, 0.15) is 23.9 Å². The number of carbonyl (C=O) groups is 2. The topological polar surface area (TPSA) is 51.1 Å². The number of piperazine rings is 1. The maximum Gasteiger partial charge on any atom is 0.223 e. The van der Waals surface area contributed by atoms with Crippen LogP contribution in [0, 0.1) is 11.6 Å². The summed E-state index contributed by atoms with van der Waals surface area (Å²) in [6.07, 6.45) is 0.251. The molecule has 3 rings (SSSR count). The summed E-state index contributed by atoms with van der Waals surface area (Å²) in [5.74, 6) is -0.242. The minimum Gasteiger partial charge on any atom is -0.496 e. The van der Waals surface area contributed by atoms with Crippen molar-refractivity contribution in [2.24, 2.45) is 0 Å². The van der Waals surface area contributed by atoms with Gasteiger partial charge in [-0.05, 0) is 42.5 Å². The molecule has 1 aliphatic rings. The number of nitrogens with one attached hydrogen (secondary N) is 1. The lowest BCUT2D eigenvalue weighted by atomic mass is 10.1. The lowest BCUT2D eigenvalue weighted by Gasteiger charge is -2.32. The number of amides is 1. The second-order valence-corrected chi connectivity index (χ2v) is 7.19. The van der Waals surface area contributed by atoms with E-state index in [-0.39, 0.29) is 30.3 Å². The fraction of sp³-hybridized carbons (Fsp3) is 0.364. The first-order chi connectivity index (χ1) is 14.0. The largest absolute Gasteiger partial charge is 0.496 e. The van der Waals surface area contributed by atoms with Crippen LogP contribution in [0.15, 0.2) is 42.5 Å². The molecule has 5 nitrogen and oxygen atoms in total. The van der Waals surface area contributed by atoms with E-state index >= 15 is 0 Å². The Bertz CT molecular complexity index is 863.